The number of carbonyl (C=O) groups is 3. The van der Waals surface area contributed by atoms with Crippen LogP contribution in [0.25, 0.3) is 0 Å². The number of benzene rings is 2. The maximum absolute atomic E-state index is 13.0. The van der Waals surface area contributed by atoms with Crippen LogP contribution in [0.5, 0.6) is 0 Å². The molecule has 0 aromatic heterocycles. The lowest BCUT2D eigenvalue weighted by molar-refractivity contribution is -0.143. The van der Waals surface area contributed by atoms with Crippen LogP contribution < -0.4 is 5.32 Å². The second kappa shape index (κ2) is 10.1. The van der Waals surface area contributed by atoms with Crippen molar-refractivity contribution in [2.45, 2.75) is 38.6 Å². The molecule has 0 bridgehead atoms. The van der Waals surface area contributed by atoms with Crippen LogP contribution in [0.3, 0.4) is 0 Å². The summed E-state index contributed by atoms with van der Waals surface area (Å²) in [5.74, 6) is -0.480. The maximum atomic E-state index is 13.0. The molecule has 0 aliphatic carbocycles. The quantitative estimate of drug-likeness (QED) is 0.767. The van der Waals surface area contributed by atoms with E-state index in [0.29, 0.717) is 13.0 Å². The molecule has 1 atom stereocenters. The topological polar surface area (TPSA) is 69.7 Å². The molecular formula is C24H29N3O3. The first-order valence-corrected chi connectivity index (χ1v) is 10.5. The summed E-state index contributed by atoms with van der Waals surface area (Å²) in [4.78, 5) is 41.3. The van der Waals surface area contributed by atoms with Gasteiger partial charge in [-0.25, -0.2) is 0 Å². The van der Waals surface area contributed by atoms with E-state index in [0.717, 1.165) is 29.7 Å². The molecule has 3 amide bonds. The Morgan fingerprint density at radius 2 is 1.77 bits per heavy atom. The van der Waals surface area contributed by atoms with Gasteiger partial charge >= 0.3 is 0 Å². The van der Waals surface area contributed by atoms with E-state index in [1.807, 2.05) is 61.5 Å². The normalized spacial score (nSPS) is 15.7. The summed E-state index contributed by atoms with van der Waals surface area (Å²) in [5.41, 5.74) is 2.75. The molecule has 1 fully saturated rings. The van der Waals surface area contributed by atoms with E-state index >= 15 is 0 Å². The van der Waals surface area contributed by atoms with Crippen LogP contribution in [-0.4, -0.2) is 53.7 Å². The lowest BCUT2D eigenvalue weighted by atomic mass is 10.1. The van der Waals surface area contributed by atoms with Crippen molar-refractivity contribution in [1.82, 2.24) is 9.80 Å². The predicted octanol–water partition coefficient (Wildman–Crippen LogP) is 2.88. The van der Waals surface area contributed by atoms with E-state index in [1.165, 1.54) is 4.90 Å². The van der Waals surface area contributed by atoms with Gasteiger partial charge in [0, 0.05) is 19.3 Å². The molecule has 30 heavy (non-hydrogen) atoms. The first kappa shape index (κ1) is 21.6. The Morgan fingerprint density at radius 1 is 1.07 bits per heavy atom. The Balaban J connectivity index is 1.58. The van der Waals surface area contributed by atoms with Gasteiger partial charge in [-0.3, -0.25) is 14.4 Å². The minimum Gasteiger partial charge on any atom is -0.335 e. The molecule has 6 nitrogen and oxygen atoms in total. The number of aryl methyl sites for hydroxylation is 1. The van der Waals surface area contributed by atoms with E-state index in [4.69, 9.17) is 0 Å². The SMILES string of the molecule is CCc1ccccc1NC(=O)CN(C)C(=O)C1CCCN1C(=O)Cc1ccccc1. The summed E-state index contributed by atoms with van der Waals surface area (Å²) >= 11 is 0. The standard InChI is InChI=1S/C24H29N3O3/c1-3-19-12-7-8-13-20(19)25-22(28)17-26(2)24(30)21-14-9-15-27(21)23(29)16-18-10-5-4-6-11-18/h4-8,10-13,21H,3,9,14-17H2,1-2H3,(H,25,28). The zero-order valence-corrected chi connectivity index (χ0v) is 17.6. The molecule has 1 aliphatic heterocycles. The highest BCUT2D eigenvalue weighted by Gasteiger charge is 2.35. The minimum atomic E-state index is -0.498. The lowest BCUT2D eigenvalue weighted by Gasteiger charge is -2.28. The molecule has 0 radical (unpaired) electrons. The number of nitrogens with zero attached hydrogens (tertiary/aromatic N) is 2. The summed E-state index contributed by atoms with van der Waals surface area (Å²) in [5, 5.41) is 2.89. The summed E-state index contributed by atoms with van der Waals surface area (Å²) in [6, 6.07) is 16.7. The molecule has 1 unspecified atom stereocenters. The fourth-order valence-electron chi connectivity index (χ4n) is 3.88. The summed E-state index contributed by atoms with van der Waals surface area (Å²) in [6.45, 7) is 2.56. The van der Waals surface area contributed by atoms with Gasteiger partial charge in [0.05, 0.1) is 13.0 Å². The van der Waals surface area contributed by atoms with Gasteiger partial charge in [-0.1, -0.05) is 55.5 Å². The van der Waals surface area contributed by atoms with E-state index in [1.54, 1.807) is 11.9 Å². The molecule has 1 heterocycles. The van der Waals surface area contributed by atoms with Crippen molar-refractivity contribution in [3.8, 4) is 0 Å². The number of amides is 3. The fraction of sp³-hybridized carbons (Fsp3) is 0.375. The van der Waals surface area contributed by atoms with Crippen molar-refractivity contribution in [3.05, 3.63) is 65.7 Å². The monoisotopic (exact) mass is 407 g/mol. The smallest absolute Gasteiger partial charge is 0.245 e. The van der Waals surface area contributed by atoms with Gasteiger partial charge in [-0.05, 0) is 36.5 Å². The van der Waals surface area contributed by atoms with Crippen molar-refractivity contribution < 1.29 is 14.4 Å². The van der Waals surface area contributed by atoms with Crippen LogP contribution in [0.2, 0.25) is 0 Å². The highest BCUT2D eigenvalue weighted by molar-refractivity contribution is 5.96. The second-order valence-corrected chi connectivity index (χ2v) is 7.66. The van der Waals surface area contributed by atoms with Crippen molar-refractivity contribution in [1.29, 1.82) is 0 Å². The van der Waals surface area contributed by atoms with E-state index < -0.39 is 6.04 Å². The van der Waals surface area contributed by atoms with Crippen LogP contribution in [0.4, 0.5) is 5.69 Å². The fourth-order valence-corrected chi connectivity index (χ4v) is 3.88. The number of hydrogen-bond acceptors (Lipinski definition) is 3. The van der Waals surface area contributed by atoms with E-state index in [9.17, 15) is 14.4 Å². The van der Waals surface area contributed by atoms with Gasteiger partial charge in [0.15, 0.2) is 0 Å². The molecule has 3 rings (SSSR count). The van der Waals surface area contributed by atoms with Crippen molar-refractivity contribution in [2.24, 2.45) is 0 Å². The number of anilines is 1. The third-order valence-corrected chi connectivity index (χ3v) is 5.49. The number of hydrogen-bond donors (Lipinski definition) is 1. The number of likely N-dealkylation sites (tertiary alicyclic amines) is 1. The molecule has 1 N–H and O–H groups in total. The molecule has 0 saturated carbocycles. The highest BCUT2D eigenvalue weighted by atomic mass is 16.2. The first-order chi connectivity index (χ1) is 14.5. The average molecular weight is 408 g/mol. The van der Waals surface area contributed by atoms with Crippen LogP contribution in [0, 0.1) is 0 Å². The maximum Gasteiger partial charge on any atom is 0.245 e. The predicted molar refractivity (Wildman–Crippen MR) is 117 cm³/mol. The molecule has 0 spiro atoms. The van der Waals surface area contributed by atoms with Crippen LogP contribution >= 0.6 is 0 Å². The molecule has 6 heteroatoms. The Kier molecular flexibility index (Phi) is 7.22. The molecule has 1 saturated heterocycles. The second-order valence-electron chi connectivity index (χ2n) is 7.66. The van der Waals surface area contributed by atoms with Gasteiger partial charge < -0.3 is 15.1 Å². The molecule has 2 aromatic rings. The summed E-state index contributed by atoms with van der Waals surface area (Å²) in [7, 11) is 1.62. The average Bonchev–Trinajstić information content (AvgIpc) is 3.24. The van der Waals surface area contributed by atoms with Crippen molar-refractivity contribution in [2.75, 3.05) is 25.5 Å². The number of rotatable bonds is 7. The Labute approximate surface area is 177 Å². The summed E-state index contributed by atoms with van der Waals surface area (Å²) in [6.07, 6.45) is 2.51. The molecule has 2 aromatic carbocycles. The Bertz CT molecular complexity index is 898. The number of para-hydroxylation sites is 1. The zero-order chi connectivity index (χ0) is 21.5. The van der Waals surface area contributed by atoms with E-state index in [-0.39, 0.29) is 30.7 Å². The minimum absolute atomic E-state index is 0.0475. The highest BCUT2D eigenvalue weighted by Crippen LogP contribution is 2.21. The molecule has 158 valence electrons. The van der Waals surface area contributed by atoms with Gasteiger partial charge in [0.2, 0.25) is 17.7 Å². The first-order valence-electron chi connectivity index (χ1n) is 10.5. The summed E-state index contributed by atoms with van der Waals surface area (Å²) < 4.78 is 0. The van der Waals surface area contributed by atoms with Gasteiger partial charge in [-0.15, -0.1) is 0 Å². The van der Waals surface area contributed by atoms with Gasteiger partial charge in [0.25, 0.3) is 0 Å². The zero-order valence-electron chi connectivity index (χ0n) is 17.6. The Hall–Kier alpha value is -3.15. The Morgan fingerprint density at radius 3 is 2.50 bits per heavy atom. The lowest BCUT2D eigenvalue weighted by Crippen LogP contribution is -2.48. The number of nitrogens with one attached hydrogen (secondary N) is 1. The molecular weight excluding hydrogens is 378 g/mol. The van der Waals surface area contributed by atoms with Crippen molar-refractivity contribution >= 4 is 23.4 Å². The van der Waals surface area contributed by atoms with Crippen LogP contribution in [0.1, 0.15) is 30.9 Å². The van der Waals surface area contributed by atoms with Crippen molar-refractivity contribution in [3.63, 3.8) is 0 Å². The van der Waals surface area contributed by atoms with Gasteiger partial charge in [-0.2, -0.15) is 0 Å². The number of carbonyl (C=O) groups excluding carboxylic acids is 3. The third-order valence-electron chi connectivity index (χ3n) is 5.49. The third kappa shape index (κ3) is 5.26. The van der Waals surface area contributed by atoms with Crippen LogP contribution in [-0.2, 0) is 27.2 Å². The molecule has 1 aliphatic rings. The van der Waals surface area contributed by atoms with Gasteiger partial charge in [0.1, 0.15) is 6.04 Å². The van der Waals surface area contributed by atoms with Crippen LogP contribution in [0.15, 0.2) is 54.6 Å². The largest absolute Gasteiger partial charge is 0.335 e. The number of likely N-dealkylation sites (N-methyl/N-ethyl adjacent to an activating group) is 1. The van der Waals surface area contributed by atoms with E-state index in [2.05, 4.69) is 5.32 Å².